The number of amides is 1. The lowest BCUT2D eigenvalue weighted by atomic mass is 10.2. The van der Waals surface area contributed by atoms with Crippen LogP contribution in [0.15, 0.2) is 35.1 Å². The molecule has 1 aliphatic heterocycles. The van der Waals surface area contributed by atoms with E-state index in [9.17, 15) is 4.79 Å². The third-order valence-corrected chi connectivity index (χ3v) is 4.72. The molecule has 0 radical (unpaired) electrons. The Bertz CT molecular complexity index is 710. The number of carbonyl (C=O) groups is 1. The van der Waals surface area contributed by atoms with Gasteiger partial charge in [-0.3, -0.25) is 4.79 Å². The predicted molar refractivity (Wildman–Crippen MR) is 86.9 cm³/mol. The van der Waals surface area contributed by atoms with Gasteiger partial charge in [0.05, 0.1) is 13.4 Å². The van der Waals surface area contributed by atoms with E-state index in [0.29, 0.717) is 24.9 Å². The van der Waals surface area contributed by atoms with Gasteiger partial charge in [-0.05, 0) is 18.6 Å². The fourth-order valence-electron chi connectivity index (χ4n) is 3.24. The monoisotopic (exact) mass is 328 g/mol. The van der Waals surface area contributed by atoms with Crippen LogP contribution in [0.4, 0.5) is 5.95 Å². The van der Waals surface area contributed by atoms with Gasteiger partial charge in [0.25, 0.3) is 0 Å². The van der Waals surface area contributed by atoms with Crippen LogP contribution in [0.3, 0.4) is 0 Å². The molecule has 0 unspecified atom stereocenters. The highest BCUT2D eigenvalue weighted by Crippen LogP contribution is 2.48. The maximum atomic E-state index is 12.6. The van der Waals surface area contributed by atoms with Gasteiger partial charge in [-0.25, -0.2) is 4.98 Å². The Morgan fingerprint density at radius 3 is 2.83 bits per heavy atom. The summed E-state index contributed by atoms with van der Waals surface area (Å²) in [6.07, 6.45) is 4.25. The minimum Gasteiger partial charge on any atom is -0.481 e. The Balaban J connectivity index is 1.34. The molecule has 0 aromatic carbocycles. The van der Waals surface area contributed by atoms with Gasteiger partial charge in [-0.15, -0.1) is 0 Å². The number of aromatic nitrogens is 2. The Morgan fingerprint density at radius 2 is 2.12 bits per heavy atom. The molecular weight excluding hydrogens is 308 g/mol. The van der Waals surface area contributed by atoms with Crippen molar-refractivity contribution in [3.63, 3.8) is 0 Å². The van der Waals surface area contributed by atoms with Crippen LogP contribution < -0.4 is 9.64 Å². The van der Waals surface area contributed by atoms with Crippen molar-refractivity contribution in [1.29, 1.82) is 0 Å². The van der Waals surface area contributed by atoms with Crippen molar-refractivity contribution in [3.05, 3.63) is 36.4 Å². The summed E-state index contributed by atoms with van der Waals surface area (Å²) >= 11 is 0. The second-order valence-corrected chi connectivity index (χ2v) is 6.18. The molecule has 1 amide bonds. The average molecular weight is 328 g/mol. The second kappa shape index (κ2) is 6.14. The van der Waals surface area contributed by atoms with E-state index in [4.69, 9.17) is 9.15 Å². The van der Waals surface area contributed by atoms with Crippen molar-refractivity contribution < 1.29 is 13.9 Å². The summed E-state index contributed by atoms with van der Waals surface area (Å²) in [5.41, 5.74) is 0. The molecule has 2 aromatic rings. The molecular formula is C17H20N4O3. The molecule has 1 saturated carbocycles. The lowest BCUT2D eigenvalue weighted by Gasteiger charge is -2.35. The summed E-state index contributed by atoms with van der Waals surface area (Å²) in [5.74, 6) is 2.71. The predicted octanol–water partition coefficient (Wildman–Crippen LogP) is 1.53. The van der Waals surface area contributed by atoms with Gasteiger partial charge in [0.15, 0.2) is 0 Å². The zero-order valence-corrected chi connectivity index (χ0v) is 13.6. The number of carbonyl (C=O) groups excluding carboxylic acids is 1. The average Bonchev–Trinajstić information content (AvgIpc) is 3.26. The van der Waals surface area contributed by atoms with Crippen LogP contribution in [-0.4, -0.2) is 54.1 Å². The topological polar surface area (TPSA) is 71.7 Å². The van der Waals surface area contributed by atoms with Gasteiger partial charge in [0, 0.05) is 50.3 Å². The Morgan fingerprint density at radius 1 is 1.29 bits per heavy atom. The van der Waals surface area contributed by atoms with Crippen molar-refractivity contribution in [1.82, 2.24) is 14.9 Å². The molecule has 2 aliphatic rings. The van der Waals surface area contributed by atoms with Gasteiger partial charge < -0.3 is 19.0 Å². The van der Waals surface area contributed by atoms with E-state index < -0.39 is 0 Å². The second-order valence-electron chi connectivity index (χ2n) is 6.18. The van der Waals surface area contributed by atoms with Gasteiger partial charge in [-0.2, -0.15) is 4.98 Å². The molecule has 24 heavy (non-hydrogen) atoms. The lowest BCUT2D eigenvalue weighted by Crippen LogP contribution is -2.49. The van der Waals surface area contributed by atoms with Crippen molar-refractivity contribution in [3.8, 4) is 5.88 Å². The third kappa shape index (κ3) is 2.81. The normalized spacial score (nSPS) is 23.2. The molecule has 0 spiro atoms. The number of ether oxygens (including phenoxy) is 1. The van der Waals surface area contributed by atoms with Gasteiger partial charge in [0.1, 0.15) is 5.76 Å². The van der Waals surface area contributed by atoms with E-state index in [1.807, 2.05) is 17.0 Å². The maximum absolute atomic E-state index is 12.6. The number of piperazine rings is 1. The van der Waals surface area contributed by atoms with E-state index >= 15 is 0 Å². The van der Waals surface area contributed by atoms with Crippen molar-refractivity contribution in [2.45, 2.75) is 12.3 Å². The third-order valence-electron chi connectivity index (χ3n) is 4.72. The van der Waals surface area contributed by atoms with Crippen LogP contribution in [0.25, 0.3) is 0 Å². The summed E-state index contributed by atoms with van der Waals surface area (Å²) < 4.78 is 10.6. The summed E-state index contributed by atoms with van der Waals surface area (Å²) in [4.78, 5) is 25.3. The lowest BCUT2D eigenvalue weighted by molar-refractivity contribution is -0.133. The molecule has 126 valence electrons. The Hall–Kier alpha value is -2.57. The highest BCUT2D eigenvalue weighted by molar-refractivity contribution is 5.83. The highest BCUT2D eigenvalue weighted by atomic mass is 16.5. The fourth-order valence-corrected chi connectivity index (χ4v) is 3.24. The summed E-state index contributed by atoms with van der Waals surface area (Å²) in [7, 11) is 1.59. The molecule has 2 fully saturated rings. The molecule has 2 aromatic heterocycles. The van der Waals surface area contributed by atoms with Gasteiger partial charge in [-0.1, -0.05) is 0 Å². The van der Waals surface area contributed by atoms with Crippen LogP contribution in [0.5, 0.6) is 5.88 Å². The number of furan rings is 1. The number of nitrogens with zero attached hydrogens (tertiary/aromatic N) is 4. The Labute approximate surface area is 140 Å². The first kappa shape index (κ1) is 15.0. The Kier molecular flexibility index (Phi) is 3.84. The molecule has 7 nitrogen and oxygen atoms in total. The van der Waals surface area contributed by atoms with Crippen LogP contribution in [0, 0.1) is 5.92 Å². The SMILES string of the molecule is COc1ccnc(N2CCN(C(=O)[C@H]3C[C@H]3c3ccco3)CC2)n1. The van der Waals surface area contributed by atoms with Crippen molar-refractivity contribution >= 4 is 11.9 Å². The van der Waals surface area contributed by atoms with Gasteiger partial charge in [0.2, 0.25) is 17.7 Å². The zero-order valence-electron chi connectivity index (χ0n) is 13.6. The van der Waals surface area contributed by atoms with E-state index in [1.54, 1.807) is 25.6 Å². The minimum absolute atomic E-state index is 0.0794. The maximum Gasteiger partial charge on any atom is 0.228 e. The highest BCUT2D eigenvalue weighted by Gasteiger charge is 2.47. The molecule has 1 saturated heterocycles. The van der Waals surface area contributed by atoms with E-state index in [0.717, 1.165) is 25.3 Å². The molecule has 3 heterocycles. The first-order valence-electron chi connectivity index (χ1n) is 8.20. The first-order valence-corrected chi connectivity index (χ1v) is 8.20. The van der Waals surface area contributed by atoms with E-state index in [1.165, 1.54) is 0 Å². The number of hydrogen-bond donors (Lipinski definition) is 0. The van der Waals surface area contributed by atoms with Crippen LogP contribution in [0.1, 0.15) is 18.1 Å². The van der Waals surface area contributed by atoms with E-state index in [-0.39, 0.29) is 17.7 Å². The quantitative estimate of drug-likeness (QED) is 0.847. The number of rotatable bonds is 4. The molecule has 7 heteroatoms. The van der Waals surface area contributed by atoms with E-state index in [2.05, 4.69) is 14.9 Å². The van der Waals surface area contributed by atoms with Crippen molar-refractivity contribution in [2.75, 3.05) is 38.2 Å². The molecule has 1 aliphatic carbocycles. The molecule has 0 bridgehead atoms. The number of anilines is 1. The molecule has 0 N–H and O–H groups in total. The van der Waals surface area contributed by atoms with Crippen LogP contribution >= 0.6 is 0 Å². The van der Waals surface area contributed by atoms with Crippen LogP contribution in [-0.2, 0) is 4.79 Å². The smallest absolute Gasteiger partial charge is 0.228 e. The summed E-state index contributed by atoms with van der Waals surface area (Å²) in [6.45, 7) is 2.86. The summed E-state index contributed by atoms with van der Waals surface area (Å²) in [6, 6.07) is 5.56. The van der Waals surface area contributed by atoms with Crippen molar-refractivity contribution in [2.24, 2.45) is 5.92 Å². The number of methoxy groups -OCH3 is 1. The first-order chi connectivity index (χ1) is 11.8. The molecule has 2 atom stereocenters. The van der Waals surface area contributed by atoms with Gasteiger partial charge >= 0.3 is 0 Å². The van der Waals surface area contributed by atoms with Crippen LogP contribution in [0.2, 0.25) is 0 Å². The largest absolute Gasteiger partial charge is 0.481 e. The standard InChI is InChI=1S/C17H20N4O3/c1-23-15-4-5-18-17(19-15)21-8-6-20(7-9-21)16(22)13-11-12(13)14-3-2-10-24-14/h2-5,10,12-13H,6-9,11H2,1H3/t12-,13+/m1/s1. The number of hydrogen-bond acceptors (Lipinski definition) is 6. The fraction of sp³-hybridized carbons (Fsp3) is 0.471. The molecule has 4 rings (SSSR count). The minimum atomic E-state index is 0.0794. The summed E-state index contributed by atoms with van der Waals surface area (Å²) in [5, 5.41) is 0. The zero-order chi connectivity index (χ0) is 16.5.